The van der Waals surface area contributed by atoms with Crippen molar-refractivity contribution in [3.8, 4) is 0 Å². The Labute approximate surface area is 151 Å². The van der Waals surface area contributed by atoms with Crippen molar-refractivity contribution in [1.29, 1.82) is 0 Å². The molecule has 9 nitrogen and oxygen atoms in total. The maximum absolute atomic E-state index is 12.7. The summed E-state index contributed by atoms with van der Waals surface area (Å²) in [6, 6.07) is 3.79. The van der Waals surface area contributed by atoms with Crippen molar-refractivity contribution >= 4 is 27.6 Å². The van der Waals surface area contributed by atoms with Crippen LogP contribution < -0.4 is 9.62 Å². The van der Waals surface area contributed by atoms with Crippen LogP contribution in [0.4, 0.5) is 6.01 Å². The molecule has 0 saturated carbocycles. The second kappa shape index (κ2) is 6.45. The summed E-state index contributed by atoms with van der Waals surface area (Å²) in [5.41, 5.74) is 1.51. The van der Waals surface area contributed by atoms with E-state index in [1.54, 1.807) is 32.2 Å². The molecule has 0 bridgehead atoms. The molecule has 0 amide bonds. The topological polar surface area (TPSA) is 120 Å². The molecule has 26 heavy (non-hydrogen) atoms. The molecule has 3 aromatic rings. The first-order valence-corrected chi connectivity index (χ1v) is 9.84. The molecule has 0 spiro atoms. The van der Waals surface area contributed by atoms with Crippen LogP contribution in [0.2, 0.25) is 0 Å². The Morgan fingerprint density at radius 1 is 1.42 bits per heavy atom. The second-order valence-corrected chi connectivity index (χ2v) is 8.03. The summed E-state index contributed by atoms with van der Waals surface area (Å²) >= 11 is 0. The van der Waals surface area contributed by atoms with Gasteiger partial charge in [-0.3, -0.25) is 0 Å². The maximum atomic E-state index is 12.7. The van der Waals surface area contributed by atoms with Gasteiger partial charge >= 0.3 is 0 Å². The van der Waals surface area contributed by atoms with Crippen LogP contribution in [0.15, 0.2) is 32.2 Å². The number of aryl methyl sites for hydroxylation is 2. The van der Waals surface area contributed by atoms with E-state index in [9.17, 15) is 8.76 Å². The number of oxazole rings is 1. The van der Waals surface area contributed by atoms with E-state index in [-0.39, 0.29) is 16.7 Å². The lowest BCUT2D eigenvalue weighted by Gasteiger charge is -2.32. The fourth-order valence-electron chi connectivity index (χ4n) is 3.28. The standard InChI is InChI=1S/C16H19N5O4S/c1-10-14(11(2)25-19-10)26(22,23)20-12-5-4-8-21(9-12)16-18-15-13(24-16)6-3-7-17-15/h3,6-7,12H,4-5,8-9H2,1-2H3,(H-,20,22,23). The van der Waals surface area contributed by atoms with E-state index in [4.69, 9.17) is 8.94 Å². The van der Waals surface area contributed by atoms with Gasteiger partial charge in [0.15, 0.2) is 21.7 Å². The van der Waals surface area contributed by atoms with Crippen LogP contribution in [-0.4, -0.2) is 38.8 Å². The highest BCUT2D eigenvalue weighted by molar-refractivity contribution is 7.95. The number of nitrogens with zero attached hydrogens (tertiary/aromatic N) is 4. The van der Waals surface area contributed by atoms with Gasteiger partial charge in [-0.1, -0.05) is 9.37 Å². The average Bonchev–Trinajstić information content (AvgIpc) is 3.18. The third kappa shape index (κ3) is 3.11. The second-order valence-electron chi connectivity index (χ2n) is 6.38. The van der Waals surface area contributed by atoms with Crippen molar-refractivity contribution in [3.05, 3.63) is 29.8 Å². The van der Waals surface area contributed by atoms with Crippen LogP contribution in [-0.2, 0) is 14.6 Å². The number of rotatable bonds is 4. The smallest absolute Gasteiger partial charge is 0.299 e. The fraction of sp³-hybridized carbons (Fsp3) is 0.438. The molecule has 4 rings (SSSR count). The minimum absolute atomic E-state index is 0.112. The number of pyridine rings is 1. The molecule has 1 aliphatic heterocycles. The molecular formula is C16H19N5O4S. The first-order chi connectivity index (χ1) is 12.4. The average molecular weight is 377 g/mol. The number of sulfonamides is 1. The minimum atomic E-state index is -3.70. The lowest BCUT2D eigenvalue weighted by atomic mass is 10.1. The Morgan fingerprint density at radius 2 is 2.27 bits per heavy atom. The first-order valence-electron chi connectivity index (χ1n) is 8.36. The van der Waals surface area contributed by atoms with Gasteiger partial charge in [-0.2, -0.15) is 4.98 Å². The minimum Gasteiger partial charge on any atom is -0.593 e. The highest BCUT2D eigenvalue weighted by atomic mass is 32.3. The van der Waals surface area contributed by atoms with Gasteiger partial charge < -0.3 is 18.4 Å². The molecule has 1 fully saturated rings. The number of anilines is 1. The molecule has 2 atom stereocenters. The quantitative estimate of drug-likeness (QED) is 0.685. The summed E-state index contributed by atoms with van der Waals surface area (Å²) in [4.78, 5) is 10.6. The van der Waals surface area contributed by atoms with Gasteiger partial charge in [-0.15, -0.1) is 4.72 Å². The van der Waals surface area contributed by atoms with Crippen LogP contribution in [0.1, 0.15) is 24.3 Å². The van der Waals surface area contributed by atoms with Gasteiger partial charge in [0.25, 0.3) is 6.01 Å². The Hall–Kier alpha value is -2.30. The third-order valence-corrected chi connectivity index (χ3v) is 6.17. The zero-order valence-corrected chi connectivity index (χ0v) is 15.3. The van der Waals surface area contributed by atoms with Crippen LogP contribution in [0, 0.1) is 13.8 Å². The molecule has 3 aromatic heterocycles. The molecule has 0 aliphatic carbocycles. The van der Waals surface area contributed by atoms with Gasteiger partial charge in [-0.05, 0) is 31.9 Å². The third-order valence-electron chi connectivity index (χ3n) is 4.40. The van der Waals surface area contributed by atoms with Gasteiger partial charge in [0, 0.05) is 26.2 Å². The Morgan fingerprint density at radius 3 is 3.00 bits per heavy atom. The number of nitrogens with one attached hydrogen (secondary N) is 1. The van der Waals surface area contributed by atoms with E-state index < -0.39 is 10.4 Å². The Bertz CT molecular complexity index is 932. The predicted molar refractivity (Wildman–Crippen MR) is 93.2 cm³/mol. The lowest BCUT2D eigenvalue weighted by Crippen LogP contribution is -2.49. The summed E-state index contributed by atoms with van der Waals surface area (Å²) in [7, 11) is -3.70. The highest BCUT2D eigenvalue weighted by Gasteiger charge is 2.34. The molecule has 4 heterocycles. The zero-order chi connectivity index (χ0) is 18.3. The predicted octanol–water partition coefficient (Wildman–Crippen LogP) is 1.99. The van der Waals surface area contributed by atoms with E-state index in [2.05, 4.69) is 19.8 Å². The number of hydrogen-bond acceptors (Lipinski definition) is 8. The first kappa shape index (κ1) is 17.1. The number of hydrogen-bond donors (Lipinski definition) is 1. The number of piperidine rings is 1. The Balaban J connectivity index is 1.52. The van der Waals surface area contributed by atoms with Gasteiger partial charge in [0.05, 0.1) is 6.04 Å². The van der Waals surface area contributed by atoms with E-state index >= 15 is 0 Å². The molecule has 10 heteroatoms. The summed E-state index contributed by atoms with van der Waals surface area (Å²) in [5.74, 6) is 0.285. The molecule has 1 aliphatic rings. The van der Waals surface area contributed by atoms with Crippen molar-refractivity contribution in [2.24, 2.45) is 0 Å². The molecule has 138 valence electrons. The van der Waals surface area contributed by atoms with E-state index in [1.807, 2.05) is 4.90 Å². The normalized spacial score (nSPS) is 20.4. The SMILES string of the molecule is Cc1noc(C)c1[S+](=O)([O-])NC1CCCN(c2nc3ncccc3o2)C1. The van der Waals surface area contributed by atoms with Crippen LogP contribution in [0.5, 0.6) is 0 Å². The summed E-state index contributed by atoms with van der Waals surface area (Å²) in [6.45, 7) is 4.42. The fourth-order valence-corrected chi connectivity index (χ4v) is 4.87. The summed E-state index contributed by atoms with van der Waals surface area (Å²) in [6.07, 6.45) is 3.21. The van der Waals surface area contributed by atoms with Crippen molar-refractivity contribution in [2.75, 3.05) is 18.0 Å². The van der Waals surface area contributed by atoms with Crippen molar-refractivity contribution in [1.82, 2.24) is 19.8 Å². The van der Waals surface area contributed by atoms with Crippen molar-refractivity contribution in [2.45, 2.75) is 37.6 Å². The summed E-state index contributed by atoms with van der Waals surface area (Å²) < 4.78 is 38.9. The van der Waals surface area contributed by atoms with Gasteiger partial charge in [0.2, 0.25) is 10.5 Å². The van der Waals surface area contributed by atoms with Crippen LogP contribution in [0.3, 0.4) is 0 Å². The number of aromatic nitrogens is 3. The van der Waals surface area contributed by atoms with Crippen molar-refractivity contribution in [3.63, 3.8) is 0 Å². The lowest BCUT2D eigenvalue weighted by molar-refractivity contribution is 0.387. The van der Waals surface area contributed by atoms with Crippen LogP contribution >= 0.6 is 0 Å². The van der Waals surface area contributed by atoms with Gasteiger partial charge in [-0.25, -0.2) is 4.98 Å². The molecule has 2 unspecified atom stereocenters. The van der Waals surface area contributed by atoms with Crippen LogP contribution in [0.25, 0.3) is 11.2 Å². The maximum Gasteiger partial charge on any atom is 0.299 e. The van der Waals surface area contributed by atoms with Crippen molar-refractivity contribution < 1.29 is 17.7 Å². The monoisotopic (exact) mass is 377 g/mol. The Kier molecular flexibility index (Phi) is 4.25. The highest BCUT2D eigenvalue weighted by Crippen LogP contribution is 2.26. The zero-order valence-electron chi connectivity index (χ0n) is 14.5. The molecule has 0 radical (unpaired) electrons. The molecule has 1 saturated heterocycles. The van der Waals surface area contributed by atoms with E-state index in [0.29, 0.717) is 29.5 Å². The molecule has 0 aromatic carbocycles. The van der Waals surface area contributed by atoms with E-state index in [1.165, 1.54) is 0 Å². The van der Waals surface area contributed by atoms with Gasteiger partial charge in [0.1, 0.15) is 5.69 Å². The largest absolute Gasteiger partial charge is 0.593 e. The summed E-state index contributed by atoms with van der Waals surface area (Å²) in [5, 5.41) is 3.73. The van der Waals surface area contributed by atoms with E-state index in [0.717, 1.165) is 19.4 Å². The number of fused-ring (bicyclic) bond motifs is 1. The molecular weight excluding hydrogens is 358 g/mol. The molecule has 1 N–H and O–H groups in total.